The van der Waals surface area contributed by atoms with Gasteiger partial charge in [0.05, 0.1) is 5.69 Å². The van der Waals surface area contributed by atoms with Gasteiger partial charge < -0.3 is 4.90 Å². The van der Waals surface area contributed by atoms with Gasteiger partial charge in [-0.2, -0.15) is 0 Å². The summed E-state index contributed by atoms with van der Waals surface area (Å²) in [4.78, 5) is 29.4. The van der Waals surface area contributed by atoms with Crippen LogP contribution in [0.5, 0.6) is 0 Å². The third-order valence-electron chi connectivity index (χ3n) is 5.59. The van der Waals surface area contributed by atoms with Gasteiger partial charge in [0.15, 0.2) is 5.11 Å². The Labute approximate surface area is 176 Å². The molecule has 2 aromatic carbocycles. The quantitative estimate of drug-likeness (QED) is 0.480. The fourth-order valence-electron chi connectivity index (χ4n) is 3.78. The van der Waals surface area contributed by atoms with E-state index in [0.717, 1.165) is 29.8 Å². The van der Waals surface area contributed by atoms with Crippen molar-refractivity contribution < 1.29 is 9.59 Å². The molecule has 2 aromatic rings. The van der Waals surface area contributed by atoms with Gasteiger partial charge in [0.2, 0.25) is 0 Å². The van der Waals surface area contributed by atoms with Crippen LogP contribution in [0.15, 0.2) is 48.0 Å². The Kier molecular flexibility index (Phi) is 5.20. The zero-order valence-corrected chi connectivity index (χ0v) is 17.4. The van der Waals surface area contributed by atoms with Gasteiger partial charge in [0.1, 0.15) is 5.57 Å². The summed E-state index contributed by atoms with van der Waals surface area (Å²) in [6.07, 6.45) is 4.06. The van der Waals surface area contributed by atoms with Crippen LogP contribution in [-0.2, 0) is 9.59 Å². The molecule has 2 fully saturated rings. The number of benzene rings is 2. The summed E-state index contributed by atoms with van der Waals surface area (Å²) in [5.41, 5.74) is 4.75. The molecule has 0 aliphatic carbocycles. The lowest BCUT2D eigenvalue weighted by Gasteiger charge is -2.30. The highest BCUT2D eigenvalue weighted by Crippen LogP contribution is 2.27. The maximum Gasteiger partial charge on any atom is 0.270 e. The van der Waals surface area contributed by atoms with E-state index in [1.807, 2.05) is 56.3 Å². The molecule has 2 saturated heterocycles. The molecule has 2 aliphatic heterocycles. The predicted octanol–water partition coefficient (Wildman–Crippen LogP) is 3.73. The van der Waals surface area contributed by atoms with Gasteiger partial charge >= 0.3 is 0 Å². The number of amides is 2. The van der Waals surface area contributed by atoms with Crippen LogP contribution in [0, 0.1) is 13.8 Å². The molecule has 5 nitrogen and oxygen atoms in total. The van der Waals surface area contributed by atoms with Crippen LogP contribution in [0.25, 0.3) is 6.08 Å². The van der Waals surface area contributed by atoms with E-state index in [2.05, 4.69) is 10.2 Å². The van der Waals surface area contributed by atoms with Crippen molar-refractivity contribution in [3.05, 3.63) is 64.7 Å². The molecule has 148 valence electrons. The van der Waals surface area contributed by atoms with Crippen molar-refractivity contribution in [1.29, 1.82) is 0 Å². The number of hydrogen-bond donors (Lipinski definition) is 1. The second kappa shape index (κ2) is 7.79. The van der Waals surface area contributed by atoms with E-state index >= 15 is 0 Å². The zero-order chi connectivity index (χ0) is 20.5. The molecular formula is C23H23N3O2S. The van der Waals surface area contributed by atoms with Crippen LogP contribution in [0.3, 0.4) is 0 Å². The molecule has 2 heterocycles. The maximum atomic E-state index is 13.2. The Morgan fingerprint density at radius 2 is 1.69 bits per heavy atom. The SMILES string of the molecule is Cc1cccc(N2C(=O)/C(=C\c3ccc(N4CCCC4)cc3)C(=O)NC2=S)c1C. The van der Waals surface area contributed by atoms with Crippen molar-refractivity contribution in [2.24, 2.45) is 0 Å². The van der Waals surface area contributed by atoms with E-state index in [0.29, 0.717) is 5.69 Å². The van der Waals surface area contributed by atoms with E-state index in [-0.39, 0.29) is 10.7 Å². The number of aryl methyl sites for hydroxylation is 1. The average Bonchev–Trinajstić information content (AvgIpc) is 3.23. The molecule has 0 atom stereocenters. The number of thiocarbonyl (C=S) groups is 1. The highest BCUT2D eigenvalue weighted by molar-refractivity contribution is 7.80. The van der Waals surface area contributed by atoms with Gasteiger partial charge in [-0.25, -0.2) is 0 Å². The normalized spacial score (nSPS) is 18.6. The van der Waals surface area contributed by atoms with Gasteiger partial charge in [0.25, 0.3) is 11.8 Å². The summed E-state index contributed by atoms with van der Waals surface area (Å²) in [7, 11) is 0. The number of rotatable bonds is 3. The van der Waals surface area contributed by atoms with Gasteiger partial charge in [-0.15, -0.1) is 0 Å². The Morgan fingerprint density at radius 3 is 2.38 bits per heavy atom. The van der Waals surface area contributed by atoms with Crippen LogP contribution in [0.4, 0.5) is 11.4 Å². The van der Waals surface area contributed by atoms with Gasteiger partial charge in [-0.1, -0.05) is 24.3 Å². The minimum Gasteiger partial charge on any atom is -0.372 e. The third-order valence-corrected chi connectivity index (χ3v) is 5.88. The van der Waals surface area contributed by atoms with Crippen molar-refractivity contribution >= 4 is 46.6 Å². The molecule has 2 aliphatic rings. The van der Waals surface area contributed by atoms with Crippen molar-refractivity contribution in [3.8, 4) is 0 Å². The van der Waals surface area contributed by atoms with Crippen molar-refractivity contribution in [3.63, 3.8) is 0 Å². The molecule has 6 heteroatoms. The van der Waals surface area contributed by atoms with Crippen LogP contribution in [0.2, 0.25) is 0 Å². The lowest BCUT2D eigenvalue weighted by atomic mass is 10.0. The molecule has 4 rings (SSSR count). The molecule has 0 unspecified atom stereocenters. The number of carbonyl (C=O) groups excluding carboxylic acids is 2. The largest absolute Gasteiger partial charge is 0.372 e. The van der Waals surface area contributed by atoms with E-state index < -0.39 is 11.8 Å². The average molecular weight is 406 g/mol. The topological polar surface area (TPSA) is 52.7 Å². The third kappa shape index (κ3) is 3.68. The minimum absolute atomic E-state index is 0.0772. The minimum atomic E-state index is -0.467. The highest BCUT2D eigenvalue weighted by atomic mass is 32.1. The Balaban J connectivity index is 1.65. The fraction of sp³-hybridized carbons (Fsp3) is 0.261. The molecule has 0 spiro atoms. The molecule has 0 radical (unpaired) electrons. The zero-order valence-electron chi connectivity index (χ0n) is 16.6. The van der Waals surface area contributed by atoms with Crippen molar-refractivity contribution in [2.45, 2.75) is 26.7 Å². The lowest BCUT2D eigenvalue weighted by Crippen LogP contribution is -2.54. The first-order valence-corrected chi connectivity index (χ1v) is 10.2. The summed E-state index contributed by atoms with van der Waals surface area (Å²) in [5, 5.41) is 2.76. The van der Waals surface area contributed by atoms with E-state index in [9.17, 15) is 9.59 Å². The predicted molar refractivity (Wildman–Crippen MR) is 120 cm³/mol. The van der Waals surface area contributed by atoms with Gasteiger partial charge in [-0.3, -0.25) is 19.8 Å². The molecule has 0 aromatic heterocycles. The Hall–Kier alpha value is -2.99. The highest BCUT2D eigenvalue weighted by Gasteiger charge is 2.35. The second-order valence-corrected chi connectivity index (χ2v) is 7.85. The molecule has 29 heavy (non-hydrogen) atoms. The van der Waals surface area contributed by atoms with Gasteiger partial charge in [-0.05, 0) is 79.9 Å². The molecular weight excluding hydrogens is 382 g/mol. The number of nitrogens with one attached hydrogen (secondary N) is 1. The lowest BCUT2D eigenvalue weighted by molar-refractivity contribution is -0.122. The summed E-state index contributed by atoms with van der Waals surface area (Å²) < 4.78 is 0. The van der Waals surface area contributed by atoms with Crippen molar-refractivity contribution in [1.82, 2.24) is 5.32 Å². The fourth-order valence-corrected chi connectivity index (χ4v) is 4.05. The molecule has 0 bridgehead atoms. The van der Waals surface area contributed by atoms with Crippen LogP contribution < -0.4 is 15.1 Å². The van der Waals surface area contributed by atoms with Crippen LogP contribution in [0.1, 0.15) is 29.5 Å². The van der Waals surface area contributed by atoms with Crippen LogP contribution >= 0.6 is 12.2 Å². The Bertz CT molecular complexity index is 1020. The van der Waals surface area contributed by atoms with Crippen LogP contribution in [-0.4, -0.2) is 30.0 Å². The second-order valence-electron chi connectivity index (χ2n) is 7.46. The summed E-state index contributed by atoms with van der Waals surface area (Å²) >= 11 is 5.30. The van der Waals surface area contributed by atoms with E-state index in [1.165, 1.54) is 23.4 Å². The number of hydrogen-bond acceptors (Lipinski definition) is 4. The number of anilines is 2. The number of nitrogens with zero attached hydrogens (tertiary/aromatic N) is 2. The van der Waals surface area contributed by atoms with Crippen molar-refractivity contribution in [2.75, 3.05) is 22.9 Å². The summed E-state index contributed by atoms with van der Waals surface area (Å²) in [5.74, 6) is -0.874. The summed E-state index contributed by atoms with van der Waals surface area (Å²) in [6.45, 7) is 6.07. The number of carbonyl (C=O) groups is 2. The van der Waals surface area contributed by atoms with Gasteiger partial charge in [0, 0.05) is 18.8 Å². The smallest absolute Gasteiger partial charge is 0.270 e. The molecule has 2 amide bonds. The Morgan fingerprint density at radius 1 is 1.00 bits per heavy atom. The molecule has 0 saturated carbocycles. The maximum absolute atomic E-state index is 13.2. The first-order chi connectivity index (χ1) is 14.0. The first-order valence-electron chi connectivity index (χ1n) is 9.78. The van der Waals surface area contributed by atoms with E-state index in [1.54, 1.807) is 6.08 Å². The first kappa shape index (κ1) is 19.3. The monoisotopic (exact) mass is 405 g/mol. The van der Waals surface area contributed by atoms with E-state index in [4.69, 9.17) is 12.2 Å². The summed E-state index contributed by atoms with van der Waals surface area (Å²) in [6, 6.07) is 13.7. The molecule has 1 N–H and O–H groups in total. The standard InChI is InChI=1S/C23H23N3O2S/c1-15-6-5-7-20(16(15)2)26-22(28)19(21(27)24-23(26)29)14-17-8-10-18(11-9-17)25-12-3-4-13-25/h5-11,14H,3-4,12-13H2,1-2H3,(H,24,27,29)/b19-14-.